The van der Waals surface area contributed by atoms with Gasteiger partial charge in [-0.25, -0.2) is 0 Å². The zero-order valence-electron chi connectivity index (χ0n) is 14.3. The van der Waals surface area contributed by atoms with E-state index in [1.165, 1.54) is 11.1 Å². The van der Waals surface area contributed by atoms with E-state index in [2.05, 4.69) is 43.4 Å². The van der Waals surface area contributed by atoms with Crippen molar-refractivity contribution in [2.45, 2.75) is 38.8 Å². The van der Waals surface area contributed by atoms with Gasteiger partial charge in [0.05, 0.1) is 0 Å². The van der Waals surface area contributed by atoms with Crippen molar-refractivity contribution in [2.24, 2.45) is 0 Å². The highest BCUT2D eigenvalue weighted by Gasteiger charge is 2.14. The number of aryl methyl sites for hydroxylation is 2. The van der Waals surface area contributed by atoms with E-state index in [9.17, 15) is 5.11 Å². The maximum absolute atomic E-state index is 10.3. The lowest BCUT2D eigenvalue weighted by molar-refractivity contribution is 0.146. The Morgan fingerprint density at radius 1 is 1.08 bits per heavy atom. The smallest absolute Gasteiger partial charge is 0.135 e. The van der Waals surface area contributed by atoms with Gasteiger partial charge >= 0.3 is 0 Å². The van der Waals surface area contributed by atoms with Crippen LogP contribution in [-0.4, -0.2) is 17.7 Å². The van der Waals surface area contributed by atoms with Crippen molar-refractivity contribution in [2.75, 3.05) is 6.54 Å². The molecule has 1 aromatic heterocycles. The number of benzene rings is 2. The molecule has 24 heavy (non-hydrogen) atoms. The number of hydrogen-bond acceptors (Lipinski definition) is 3. The Kier molecular flexibility index (Phi) is 5.34. The number of aliphatic hydroxyl groups excluding tert-OH is 1. The Labute approximate surface area is 143 Å². The number of aliphatic hydroxyl groups is 1. The standard InChI is InChI=1S/C21H25NO2/c1-15-7-10-17(11-8-15)12-9-16(2)22-14-19(23)21-13-18-5-3-4-6-20(18)24-21/h3-8,10-11,13,16,19,22-23H,9,12,14H2,1-2H3. The molecule has 2 aromatic carbocycles. The third-order valence-electron chi connectivity index (χ3n) is 4.42. The van der Waals surface area contributed by atoms with Gasteiger partial charge in [-0.15, -0.1) is 0 Å². The van der Waals surface area contributed by atoms with Gasteiger partial charge in [0, 0.05) is 18.0 Å². The summed E-state index contributed by atoms with van der Waals surface area (Å²) in [6, 6.07) is 18.8. The number of nitrogens with one attached hydrogen (secondary N) is 1. The Bertz CT molecular complexity index is 743. The summed E-state index contributed by atoms with van der Waals surface area (Å²) >= 11 is 0. The normalized spacial score (nSPS) is 14.0. The molecule has 0 fully saturated rings. The lowest BCUT2D eigenvalue weighted by Crippen LogP contribution is -2.30. The minimum absolute atomic E-state index is 0.338. The maximum atomic E-state index is 10.3. The molecule has 0 saturated heterocycles. The third kappa shape index (κ3) is 4.25. The zero-order valence-corrected chi connectivity index (χ0v) is 14.3. The molecule has 0 spiro atoms. The van der Waals surface area contributed by atoms with Crippen molar-refractivity contribution in [1.29, 1.82) is 0 Å². The van der Waals surface area contributed by atoms with Crippen molar-refractivity contribution >= 4 is 11.0 Å². The van der Waals surface area contributed by atoms with Crippen molar-refractivity contribution < 1.29 is 9.52 Å². The fourth-order valence-electron chi connectivity index (χ4n) is 2.82. The quantitative estimate of drug-likeness (QED) is 0.678. The van der Waals surface area contributed by atoms with Crippen LogP contribution in [0, 0.1) is 6.92 Å². The summed E-state index contributed by atoms with van der Waals surface area (Å²) in [6.45, 7) is 4.75. The number of para-hydroxylation sites is 1. The summed E-state index contributed by atoms with van der Waals surface area (Å²) in [5.74, 6) is 0.620. The van der Waals surface area contributed by atoms with Gasteiger partial charge in [0.2, 0.25) is 0 Å². The predicted molar refractivity (Wildman–Crippen MR) is 98.1 cm³/mol. The van der Waals surface area contributed by atoms with E-state index in [1.807, 2.05) is 30.3 Å². The lowest BCUT2D eigenvalue weighted by atomic mass is 10.0. The molecule has 0 aliphatic rings. The summed E-state index contributed by atoms with van der Waals surface area (Å²) in [5.41, 5.74) is 3.46. The second kappa shape index (κ2) is 7.65. The highest BCUT2D eigenvalue weighted by molar-refractivity contribution is 5.77. The van der Waals surface area contributed by atoms with Crippen LogP contribution in [0.4, 0.5) is 0 Å². The van der Waals surface area contributed by atoms with Gasteiger partial charge in [-0.2, -0.15) is 0 Å². The van der Waals surface area contributed by atoms with Gasteiger partial charge in [-0.3, -0.25) is 0 Å². The fourth-order valence-corrected chi connectivity index (χ4v) is 2.82. The number of rotatable bonds is 7. The highest BCUT2D eigenvalue weighted by atomic mass is 16.4. The molecule has 0 aliphatic heterocycles. The van der Waals surface area contributed by atoms with Crippen LogP contribution in [0.5, 0.6) is 0 Å². The Morgan fingerprint density at radius 3 is 2.58 bits per heavy atom. The van der Waals surface area contributed by atoms with Crippen LogP contribution in [0.15, 0.2) is 59.0 Å². The van der Waals surface area contributed by atoms with Crippen LogP contribution >= 0.6 is 0 Å². The molecule has 3 heteroatoms. The summed E-state index contributed by atoms with van der Waals surface area (Å²) in [4.78, 5) is 0. The average Bonchev–Trinajstić information content (AvgIpc) is 3.03. The molecular weight excluding hydrogens is 298 g/mol. The molecule has 1 heterocycles. The topological polar surface area (TPSA) is 45.4 Å². The number of hydrogen-bond donors (Lipinski definition) is 2. The van der Waals surface area contributed by atoms with Gasteiger partial charge in [-0.05, 0) is 44.4 Å². The van der Waals surface area contributed by atoms with Crippen LogP contribution in [0.3, 0.4) is 0 Å². The van der Waals surface area contributed by atoms with E-state index in [4.69, 9.17) is 4.42 Å². The second-order valence-corrected chi connectivity index (χ2v) is 6.54. The first kappa shape index (κ1) is 16.7. The summed E-state index contributed by atoms with van der Waals surface area (Å²) in [5, 5.41) is 14.8. The van der Waals surface area contributed by atoms with Gasteiger partial charge in [0.25, 0.3) is 0 Å². The van der Waals surface area contributed by atoms with E-state index >= 15 is 0 Å². The predicted octanol–water partition coefficient (Wildman–Crippen LogP) is 4.39. The number of furan rings is 1. The molecule has 0 radical (unpaired) electrons. The number of fused-ring (bicyclic) bond motifs is 1. The summed E-state index contributed by atoms with van der Waals surface area (Å²) in [7, 11) is 0. The van der Waals surface area contributed by atoms with Gasteiger partial charge in [-0.1, -0.05) is 48.0 Å². The van der Waals surface area contributed by atoms with Crippen LogP contribution in [0.2, 0.25) is 0 Å². The van der Waals surface area contributed by atoms with E-state index in [-0.39, 0.29) is 0 Å². The molecule has 3 aromatic rings. The van der Waals surface area contributed by atoms with Gasteiger partial charge in [0.1, 0.15) is 17.4 Å². The van der Waals surface area contributed by atoms with E-state index in [1.54, 1.807) is 0 Å². The summed E-state index contributed by atoms with van der Waals surface area (Å²) < 4.78 is 5.71. The Balaban J connectivity index is 1.48. The lowest BCUT2D eigenvalue weighted by Gasteiger charge is -2.16. The molecule has 2 atom stereocenters. The van der Waals surface area contributed by atoms with Crippen molar-refractivity contribution in [3.05, 3.63) is 71.5 Å². The van der Waals surface area contributed by atoms with E-state index < -0.39 is 6.10 Å². The summed E-state index contributed by atoms with van der Waals surface area (Å²) in [6.07, 6.45) is 1.45. The Morgan fingerprint density at radius 2 is 1.83 bits per heavy atom. The molecule has 0 saturated carbocycles. The highest BCUT2D eigenvalue weighted by Crippen LogP contribution is 2.23. The third-order valence-corrected chi connectivity index (χ3v) is 4.42. The van der Waals surface area contributed by atoms with Crippen LogP contribution < -0.4 is 5.32 Å². The van der Waals surface area contributed by atoms with Crippen LogP contribution in [0.1, 0.15) is 36.3 Å². The zero-order chi connectivity index (χ0) is 16.9. The van der Waals surface area contributed by atoms with Crippen molar-refractivity contribution in [3.63, 3.8) is 0 Å². The maximum Gasteiger partial charge on any atom is 0.135 e. The monoisotopic (exact) mass is 323 g/mol. The first-order valence-corrected chi connectivity index (χ1v) is 8.57. The van der Waals surface area contributed by atoms with Crippen molar-refractivity contribution in [3.8, 4) is 0 Å². The van der Waals surface area contributed by atoms with Crippen LogP contribution in [0.25, 0.3) is 11.0 Å². The molecule has 3 rings (SSSR count). The van der Waals surface area contributed by atoms with Gasteiger partial charge < -0.3 is 14.8 Å². The molecule has 2 N–H and O–H groups in total. The molecule has 0 amide bonds. The average molecular weight is 323 g/mol. The minimum atomic E-state index is -0.626. The van der Waals surface area contributed by atoms with E-state index in [0.29, 0.717) is 18.3 Å². The van der Waals surface area contributed by atoms with E-state index in [0.717, 1.165) is 23.8 Å². The SMILES string of the molecule is Cc1ccc(CCC(C)NCC(O)c2cc3ccccc3o2)cc1. The second-order valence-electron chi connectivity index (χ2n) is 6.54. The van der Waals surface area contributed by atoms with Crippen molar-refractivity contribution in [1.82, 2.24) is 5.32 Å². The molecular formula is C21H25NO2. The van der Waals surface area contributed by atoms with Crippen LogP contribution in [-0.2, 0) is 6.42 Å². The van der Waals surface area contributed by atoms with Gasteiger partial charge in [0.15, 0.2) is 0 Å². The molecule has 0 aliphatic carbocycles. The fraction of sp³-hybridized carbons (Fsp3) is 0.333. The largest absolute Gasteiger partial charge is 0.458 e. The molecule has 2 unspecified atom stereocenters. The molecule has 0 bridgehead atoms. The molecule has 3 nitrogen and oxygen atoms in total. The first-order chi connectivity index (χ1) is 11.6. The minimum Gasteiger partial charge on any atom is -0.458 e. The first-order valence-electron chi connectivity index (χ1n) is 8.57. The Hall–Kier alpha value is -2.10. The molecule has 126 valence electrons.